The zero-order chi connectivity index (χ0) is 10.2. The van der Waals surface area contributed by atoms with E-state index in [1.54, 1.807) is 4.68 Å². The van der Waals surface area contributed by atoms with Crippen molar-refractivity contribution in [3.8, 4) is 6.07 Å². The molecular weight excluding hydrogens is 230 g/mol. The summed E-state index contributed by atoms with van der Waals surface area (Å²) in [4.78, 5) is 0. The molecule has 1 aromatic rings. The van der Waals surface area contributed by atoms with E-state index in [1.807, 2.05) is 27.7 Å². The molecule has 0 unspecified atom stereocenters. The van der Waals surface area contributed by atoms with Crippen LogP contribution in [0.3, 0.4) is 0 Å². The minimum atomic E-state index is -0.151. The minimum absolute atomic E-state index is 0.151. The molecule has 4 heteroatoms. The molecule has 0 atom stereocenters. The predicted molar refractivity (Wildman–Crippen MR) is 54.4 cm³/mol. The molecule has 0 aliphatic rings. The number of rotatable bonds is 0. The van der Waals surface area contributed by atoms with Gasteiger partial charge in [-0.2, -0.15) is 10.4 Å². The Balaban J connectivity index is 3.41. The number of nitrogens with zero attached hydrogens (tertiary/aromatic N) is 3. The molecule has 1 heterocycles. The summed E-state index contributed by atoms with van der Waals surface area (Å²) in [6.45, 7) is 7.94. The van der Waals surface area contributed by atoms with E-state index in [9.17, 15) is 0 Å². The van der Waals surface area contributed by atoms with Crippen LogP contribution >= 0.6 is 15.9 Å². The van der Waals surface area contributed by atoms with Crippen LogP contribution in [0, 0.1) is 18.3 Å². The topological polar surface area (TPSA) is 41.6 Å². The fourth-order valence-electron chi connectivity index (χ4n) is 1.09. The summed E-state index contributed by atoms with van der Waals surface area (Å²) < 4.78 is 2.54. The highest BCUT2D eigenvalue weighted by molar-refractivity contribution is 9.10. The molecule has 0 radical (unpaired) electrons. The lowest BCUT2D eigenvalue weighted by molar-refractivity contribution is 0.350. The number of hydrogen-bond acceptors (Lipinski definition) is 2. The van der Waals surface area contributed by atoms with Gasteiger partial charge in [-0.25, -0.2) is 4.68 Å². The van der Waals surface area contributed by atoms with E-state index in [0.717, 1.165) is 10.2 Å². The van der Waals surface area contributed by atoms with E-state index >= 15 is 0 Å². The van der Waals surface area contributed by atoms with E-state index in [0.29, 0.717) is 5.69 Å². The lowest BCUT2D eigenvalue weighted by Gasteiger charge is -2.19. The zero-order valence-corrected chi connectivity index (χ0v) is 9.81. The summed E-state index contributed by atoms with van der Waals surface area (Å²) >= 11 is 3.35. The van der Waals surface area contributed by atoms with Crippen LogP contribution in [-0.2, 0) is 5.54 Å². The van der Waals surface area contributed by atoms with Crippen molar-refractivity contribution in [2.75, 3.05) is 0 Å². The van der Waals surface area contributed by atoms with Crippen molar-refractivity contribution in [1.82, 2.24) is 9.78 Å². The fraction of sp³-hybridized carbons (Fsp3) is 0.556. The molecule has 1 rings (SSSR count). The number of hydrogen-bond donors (Lipinski definition) is 0. The fourth-order valence-corrected chi connectivity index (χ4v) is 1.43. The molecule has 0 amide bonds. The molecular formula is C9H12BrN3. The van der Waals surface area contributed by atoms with Crippen molar-refractivity contribution in [1.29, 1.82) is 5.26 Å². The maximum Gasteiger partial charge on any atom is 0.153 e. The first-order valence-electron chi connectivity index (χ1n) is 4.03. The Kier molecular flexibility index (Phi) is 2.49. The van der Waals surface area contributed by atoms with Gasteiger partial charge >= 0.3 is 0 Å². The summed E-state index contributed by atoms with van der Waals surface area (Å²) in [5.74, 6) is 0. The van der Waals surface area contributed by atoms with Gasteiger partial charge in [0, 0.05) is 0 Å². The second-order valence-corrected chi connectivity index (χ2v) is 4.74. The maximum absolute atomic E-state index is 8.94. The molecule has 0 saturated heterocycles. The summed E-state index contributed by atoms with van der Waals surface area (Å²) in [7, 11) is 0. The Morgan fingerprint density at radius 3 is 2.31 bits per heavy atom. The lowest BCUT2D eigenvalue weighted by atomic mass is 10.1. The van der Waals surface area contributed by atoms with Gasteiger partial charge in [-0.3, -0.25) is 0 Å². The van der Waals surface area contributed by atoms with Gasteiger partial charge in [0.25, 0.3) is 0 Å². The van der Waals surface area contributed by atoms with Gasteiger partial charge in [-0.05, 0) is 43.6 Å². The van der Waals surface area contributed by atoms with Crippen LogP contribution in [0.2, 0.25) is 0 Å². The van der Waals surface area contributed by atoms with E-state index < -0.39 is 0 Å². The molecule has 0 fully saturated rings. The summed E-state index contributed by atoms with van der Waals surface area (Å²) in [5.41, 5.74) is 1.29. The van der Waals surface area contributed by atoms with Crippen LogP contribution in [0.5, 0.6) is 0 Å². The molecule has 0 bridgehead atoms. The number of nitriles is 1. The van der Waals surface area contributed by atoms with Crippen molar-refractivity contribution in [3.63, 3.8) is 0 Å². The molecule has 0 aliphatic carbocycles. The normalized spacial score (nSPS) is 11.4. The van der Waals surface area contributed by atoms with Crippen molar-refractivity contribution in [2.45, 2.75) is 33.2 Å². The highest BCUT2D eigenvalue weighted by Gasteiger charge is 2.21. The molecule has 0 saturated carbocycles. The predicted octanol–water partition coefficient (Wildman–Crippen LogP) is 2.58. The zero-order valence-electron chi connectivity index (χ0n) is 8.22. The quantitative estimate of drug-likeness (QED) is 0.701. The number of halogens is 1. The Morgan fingerprint density at radius 1 is 1.46 bits per heavy atom. The molecule has 1 aromatic heterocycles. The standard InChI is InChI=1S/C9H12BrN3/c1-6-8(10)7(5-11)13(12-6)9(2,3)4/h1-4H3. The minimum Gasteiger partial charge on any atom is -0.248 e. The van der Waals surface area contributed by atoms with Crippen LogP contribution in [0.15, 0.2) is 4.47 Å². The molecule has 3 nitrogen and oxygen atoms in total. The smallest absolute Gasteiger partial charge is 0.153 e. The van der Waals surface area contributed by atoms with E-state index in [2.05, 4.69) is 27.1 Å². The third kappa shape index (κ3) is 1.75. The highest BCUT2D eigenvalue weighted by Crippen LogP contribution is 2.25. The molecule has 13 heavy (non-hydrogen) atoms. The van der Waals surface area contributed by atoms with Gasteiger partial charge in [0.2, 0.25) is 0 Å². The first-order chi connectivity index (χ1) is 5.88. The van der Waals surface area contributed by atoms with Crippen molar-refractivity contribution in [3.05, 3.63) is 15.9 Å². The molecule has 0 aromatic carbocycles. The van der Waals surface area contributed by atoms with Crippen molar-refractivity contribution >= 4 is 15.9 Å². The molecule has 0 aliphatic heterocycles. The van der Waals surface area contributed by atoms with Gasteiger partial charge in [-0.1, -0.05) is 0 Å². The Morgan fingerprint density at radius 2 is 2.00 bits per heavy atom. The highest BCUT2D eigenvalue weighted by atomic mass is 79.9. The van der Waals surface area contributed by atoms with Gasteiger partial charge in [0.15, 0.2) is 5.69 Å². The van der Waals surface area contributed by atoms with Crippen LogP contribution in [-0.4, -0.2) is 9.78 Å². The van der Waals surface area contributed by atoms with Gasteiger partial charge in [0.05, 0.1) is 15.7 Å². The Bertz CT molecular complexity index is 365. The Labute approximate surface area is 86.5 Å². The van der Waals surface area contributed by atoms with Crippen LogP contribution in [0.1, 0.15) is 32.2 Å². The summed E-state index contributed by atoms with van der Waals surface area (Å²) in [6, 6.07) is 2.14. The van der Waals surface area contributed by atoms with Gasteiger partial charge < -0.3 is 0 Å². The number of aromatic nitrogens is 2. The van der Waals surface area contributed by atoms with E-state index in [1.165, 1.54) is 0 Å². The molecule has 0 spiro atoms. The van der Waals surface area contributed by atoms with Crippen molar-refractivity contribution < 1.29 is 0 Å². The number of aryl methyl sites for hydroxylation is 1. The third-order valence-electron chi connectivity index (χ3n) is 1.73. The maximum atomic E-state index is 8.94. The van der Waals surface area contributed by atoms with Crippen molar-refractivity contribution in [2.24, 2.45) is 0 Å². The van der Waals surface area contributed by atoms with Gasteiger partial charge in [0.1, 0.15) is 6.07 Å². The average molecular weight is 242 g/mol. The first-order valence-corrected chi connectivity index (χ1v) is 4.83. The second kappa shape index (κ2) is 3.15. The summed E-state index contributed by atoms with van der Waals surface area (Å²) in [5, 5.41) is 13.2. The van der Waals surface area contributed by atoms with E-state index in [-0.39, 0.29) is 5.54 Å². The molecule has 0 N–H and O–H groups in total. The van der Waals surface area contributed by atoms with E-state index in [4.69, 9.17) is 5.26 Å². The SMILES string of the molecule is Cc1nn(C(C)(C)C)c(C#N)c1Br. The van der Waals surface area contributed by atoms with Crippen LogP contribution in [0.4, 0.5) is 0 Å². The first kappa shape index (κ1) is 10.3. The van der Waals surface area contributed by atoms with Gasteiger partial charge in [-0.15, -0.1) is 0 Å². The van der Waals surface area contributed by atoms with Crippen LogP contribution in [0.25, 0.3) is 0 Å². The summed E-state index contributed by atoms with van der Waals surface area (Å²) in [6.07, 6.45) is 0. The third-order valence-corrected chi connectivity index (χ3v) is 2.68. The molecule has 70 valence electrons. The average Bonchev–Trinajstić information content (AvgIpc) is 2.28. The largest absolute Gasteiger partial charge is 0.248 e. The Hall–Kier alpha value is -0.820. The monoisotopic (exact) mass is 241 g/mol. The second-order valence-electron chi connectivity index (χ2n) is 3.94. The lowest BCUT2D eigenvalue weighted by Crippen LogP contribution is -2.24. The van der Waals surface area contributed by atoms with Crippen LogP contribution < -0.4 is 0 Å².